The summed E-state index contributed by atoms with van der Waals surface area (Å²) in [6.45, 7) is 9.03. The van der Waals surface area contributed by atoms with Gasteiger partial charge in [-0.1, -0.05) is 23.3 Å². The van der Waals surface area contributed by atoms with Crippen LogP contribution in [0.4, 0.5) is 0 Å². The zero-order valence-electron chi connectivity index (χ0n) is 16.4. The van der Waals surface area contributed by atoms with Crippen LogP contribution < -0.4 is 0 Å². The van der Waals surface area contributed by atoms with Gasteiger partial charge in [0.2, 0.25) is 0 Å². The maximum Gasteiger partial charge on any atom is 0.0352 e. The van der Waals surface area contributed by atoms with Gasteiger partial charge in [0, 0.05) is 29.9 Å². The zero-order chi connectivity index (χ0) is 18.7. The molecule has 1 aliphatic rings. The van der Waals surface area contributed by atoms with Gasteiger partial charge in [-0.15, -0.1) is 22.7 Å². The average molecular weight is 389 g/mol. The molecular weight excluding hydrogens is 364 g/mol. The summed E-state index contributed by atoms with van der Waals surface area (Å²) in [5.74, 6) is 0. The van der Waals surface area contributed by atoms with Crippen LogP contribution in [0, 0.1) is 27.7 Å². The molecule has 2 aromatic heterocycles. The molecule has 136 valence electrons. The molecular formula is C25H24S2. The van der Waals surface area contributed by atoms with Gasteiger partial charge >= 0.3 is 0 Å². The van der Waals surface area contributed by atoms with Crippen molar-refractivity contribution in [2.45, 2.75) is 47.0 Å². The summed E-state index contributed by atoms with van der Waals surface area (Å²) in [6, 6.07) is 13.9. The van der Waals surface area contributed by atoms with E-state index < -0.39 is 0 Å². The van der Waals surface area contributed by atoms with Gasteiger partial charge in [0.05, 0.1) is 0 Å². The molecule has 0 saturated heterocycles. The number of thiophene rings is 2. The highest BCUT2D eigenvalue weighted by Crippen LogP contribution is 2.49. The van der Waals surface area contributed by atoms with Crippen molar-refractivity contribution in [1.29, 1.82) is 0 Å². The first-order valence-corrected chi connectivity index (χ1v) is 11.4. The summed E-state index contributed by atoms with van der Waals surface area (Å²) < 4.78 is 2.85. The number of rotatable bonds is 2. The van der Waals surface area contributed by atoms with E-state index in [1.165, 1.54) is 71.4 Å². The highest BCUT2D eigenvalue weighted by Gasteiger charge is 2.25. The maximum absolute atomic E-state index is 2.39. The smallest absolute Gasteiger partial charge is 0.0352 e. The predicted molar refractivity (Wildman–Crippen MR) is 123 cm³/mol. The molecule has 0 spiro atoms. The standard InChI is InChI=1S/C25H24S2/c1-14-8-10-22-20(12-14)24(16(3)26-22)18-6-5-7-19(18)25-17(4)27-23-11-9-15(2)13-21(23)25/h8-13H,5-7H2,1-4H3. The van der Waals surface area contributed by atoms with Gasteiger partial charge < -0.3 is 0 Å². The molecule has 0 saturated carbocycles. The Morgan fingerprint density at radius 2 is 1.07 bits per heavy atom. The Kier molecular flexibility index (Phi) is 4.03. The van der Waals surface area contributed by atoms with E-state index in [1.807, 2.05) is 22.7 Å². The highest BCUT2D eigenvalue weighted by atomic mass is 32.1. The Morgan fingerprint density at radius 1 is 0.630 bits per heavy atom. The van der Waals surface area contributed by atoms with Crippen LogP contribution in [0.15, 0.2) is 36.4 Å². The lowest BCUT2D eigenvalue weighted by molar-refractivity contribution is 0.942. The quantitative estimate of drug-likeness (QED) is 0.323. The van der Waals surface area contributed by atoms with E-state index in [-0.39, 0.29) is 0 Å². The van der Waals surface area contributed by atoms with Gasteiger partial charge in [-0.3, -0.25) is 0 Å². The first-order valence-electron chi connectivity index (χ1n) is 9.75. The van der Waals surface area contributed by atoms with Crippen LogP contribution in [0.1, 0.15) is 51.3 Å². The molecule has 27 heavy (non-hydrogen) atoms. The fourth-order valence-electron chi connectivity index (χ4n) is 4.71. The molecule has 5 rings (SSSR count). The van der Waals surface area contributed by atoms with E-state index in [0.717, 1.165) is 0 Å². The van der Waals surface area contributed by atoms with Crippen LogP contribution in [0.3, 0.4) is 0 Å². The summed E-state index contributed by atoms with van der Waals surface area (Å²) in [7, 11) is 0. The fourth-order valence-corrected chi connectivity index (χ4v) is 6.86. The number of aryl methyl sites for hydroxylation is 4. The Hall–Kier alpha value is -1.90. The Bertz CT molecular complexity index is 1130. The molecule has 0 unspecified atom stereocenters. The van der Waals surface area contributed by atoms with Gasteiger partial charge in [-0.25, -0.2) is 0 Å². The second kappa shape index (κ2) is 6.32. The first-order chi connectivity index (χ1) is 13.0. The molecule has 2 heterocycles. The predicted octanol–water partition coefficient (Wildman–Crippen LogP) is 8.44. The van der Waals surface area contributed by atoms with Gasteiger partial charge in [0.15, 0.2) is 0 Å². The van der Waals surface area contributed by atoms with Crippen molar-refractivity contribution in [2.24, 2.45) is 0 Å². The molecule has 2 aromatic carbocycles. The van der Waals surface area contributed by atoms with E-state index in [2.05, 4.69) is 64.1 Å². The van der Waals surface area contributed by atoms with Crippen LogP contribution in [0.5, 0.6) is 0 Å². The second-order valence-corrected chi connectivity index (χ2v) is 10.4. The van der Waals surface area contributed by atoms with Gasteiger partial charge in [0.1, 0.15) is 0 Å². The van der Waals surface area contributed by atoms with E-state index >= 15 is 0 Å². The van der Waals surface area contributed by atoms with Crippen molar-refractivity contribution in [3.63, 3.8) is 0 Å². The number of fused-ring (bicyclic) bond motifs is 2. The van der Waals surface area contributed by atoms with E-state index in [0.29, 0.717) is 0 Å². The number of hydrogen-bond donors (Lipinski definition) is 0. The minimum absolute atomic E-state index is 1.21. The number of benzene rings is 2. The van der Waals surface area contributed by atoms with Crippen molar-refractivity contribution in [3.8, 4) is 0 Å². The Labute approximate surface area is 169 Å². The van der Waals surface area contributed by atoms with Gasteiger partial charge in [0.25, 0.3) is 0 Å². The monoisotopic (exact) mass is 388 g/mol. The molecule has 2 heteroatoms. The van der Waals surface area contributed by atoms with E-state index in [4.69, 9.17) is 0 Å². The second-order valence-electron chi connectivity index (χ2n) is 7.88. The third-order valence-corrected chi connectivity index (χ3v) is 8.03. The lowest BCUT2D eigenvalue weighted by Crippen LogP contribution is -1.89. The molecule has 0 radical (unpaired) electrons. The maximum atomic E-state index is 2.39. The molecule has 0 nitrogen and oxygen atoms in total. The number of hydrogen-bond acceptors (Lipinski definition) is 2. The molecule has 0 atom stereocenters. The highest BCUT2D eigenvalue weighted by molar-refractivity contribution is 7.19. The third-order valence-electron chi connectivity index (χ3n) is 5.86. The largest absolute Gasteiger partial charge is 0.140 e. The Balaban J connectivity index is 1.82. The molecule has 4 aromatic rings. The zero-order valence-corrected chi connectivity index (χ0v) is 18.0. The van der Waals surface area contributed by atoms with Crippen LogP contribution >= 0.6 is 22.7 Å². The van der Waals surface area contributed by atoms with Crippen molar-refractivity contribution in [1.82, 2.24) is 0 Å². The van der Waals surface area contributed by atoms with Crippen molar-refractivity contribution < 1.29 is 0 Å². The van der Waals surface area contributed by atoms with Gasteiger partial charge in [-0.05, 0) is 93.5 Å². The molecule has 0 bridgehead atoms. The lowest BCUT2D eigenvalue weighted by atomic mass is 9.93. The molecule has 1 aliphatic carbocycles. The van der Waals surface area contributed by atoms with Crippen LogP contribution in [0.2, 0.25) is 0 Å². The first kappa shape index (κ1) is 17.2. The Morgan fingerprint density at radius 3 is 1.52 bits per heavy atom. The summed E-state index contributed by atoms with van der Waals surface area (Å²) in [6.07, 6.45) is 3.69. The minimum Gasteiger partial charge on any atom is -0.140 e. The molecule has 0 fully saturated rings. The molecule has 0 amide bonds. The number of allylic oxidation sites excluding steroid dienone is 2. The van der Waals surface area contributed by atoms with Crippen LogP contribution in [-0.4, -0.2) is 0 Å². The van der Waals surface area contributed by atoms with Crippen molar-refractivity contribution in [2.75, 3.05) is 0 Å². The van der Waals surface area contributed by atoms with Crippen molar-refractivity contribution >= 4 is 54.0 Å². The summed E-state index contributed by atoms with van der Waals surface area (Å²) in [4.78, 5) is 2.94. The molecule has 0 N–H and O–H groups in total. The third kappa shape index (κ3) is 2.69. The van der Waals surface area contributed by atoms with E-state index in [9.17, 15) is 0 Å². The summed E-state index contributed by atoms with van der Waals surface area (Å²) in [5.41, 5.74) is 8.97. The van der Waals surface area contributed by atoms with Crippen LogP contribution in [0.25, 0.3) is 31.3 Å². The molecule has 0 aliphatic heterocycles. The summed E-state index contributed by atoms with van der Waals surface area (Å²) in [5, 5.41) is 2.92. The van der Waals surface area contributed by atoms with Crippen LogP contribution in [-0.2, 0) is 0 Å². The van der Waals surface area contributed by atoms with Crippen molar-refractivity contribution in [3.05, 3.63) is 68.4 Å². The van der Waals surface area contributed by atoms with Gasteiger partial charge in [-0.2, -0.15) is 0 Å². The minimum atomic E-state index is 1.21. The SMILES string of the molecule is Cc1ccc2sc(C)c(C3=C(c4c(C)sc5ccc(C)cc45)CCC3)c2c1. The van der Waals surface area contributed by atoms with E-state index in [1.54, 1.807) is 11.1 Å². The lowest BCUT2D eigenvalue weighted by Gasteiger charge is -2.10. The fraction of sp³-hybridized carbons (Fsp3) is 0.280. The summed E-state index contributed by atoms with van der Waals surface area (Å²) >= 11 is 3.90. The normalized spacial score (nSPS) is 14.8. The average Bonchev–Trinajstić information content (AvgIpc) is 3.28. The topological polar surface area (TPSA) is 0 Å².